The topological polar surface area (TPSA) is 64.9 Å². The lowest BCUT2D eigenvalue weighted by Gasteiger charge is -2.08. The number of pyridine rings is 1. The predicted molar refractivity (Wildman–Crippen MR) is 67.5 cm³/mol. The molecule has 4 nitrogen and oxygen atoms in total. The number of nitrogens with zero attached hydrogens (tertiary/aromatic N) is 2. The third-order valence-corrected chi connectivity index (χ3v) is 2.86. The molecule has 0 aliphatic carbocycles. The van der Waals surface area contributed by atoms with Crippen molar-refractivity contribution in [3.63, 3.8) is 0 Å². The Balaban J connectivity index is 2.43. The Bertz CT molecular complexity index is 479. The van der Waals surface area contributed by atoms with Crippen LogP contribution in [0.4, 0.5) is 5.82 Å². The molecule has 0 saturated heterocycles. The fraction of sp³-hybridized carbons (Fsp3) is 0.385. The minimum atomic E-state index is 0.319. The molecule has 0 amide bonds. The second kappa shape index (κ2) is 4.99. The van der Waals surface area contributed by atoms with E-state index in [0.29, 0.717) is 11.7 Å². The molecule has 2 aromatic rings. The second-order valence-electron chi connectivity index (χ2n) is 4.24. The van der Waals surface area contributed by atoms with E-state index in [9.17, 15) is 0 Å². The van der Waals surface area contributed by atoms with Crippen molar-refractivity contribution < 1.29 is 4.52 Å². The smallest absolute Gasteiger partial charge is 0.175 e. The first-order valence-electron chi connectivity index (χ1n) is 5.89. The first-order chi connectivity index (χ1) is 8.24. The van der Waals surface area contributed by atoms with Crippen LogP contribution in [0, 0.1) is 0 Å². The van der Waals surface area contributed by atoms with Crippen LogP contribution in [0.5, 0.6) is 0 Å². The van der Waals surface area contributed by atoms with Gasteiger partial charge in [0.1, 0.15) is 5.76 Å². The molecule has 0 aromatic carbocycles. The van der Waals surface area contributed by atoms with Crippen LogP contribution in [0.1, 0.15) is 38.4 Å². The Hall–Kier alpha value is -1.84. The maximum absolute atomic E-state index is 5.87. The molecule has 0 saturated carbocycles. The molecule has 17 heavy (non-hydrogen) atoms. The summed E-state index contributed by atoms with van der Waals surface area (Å²) in [7, 11) is 0. The average Bonchev–Trinajstić information content (AvgIpc) is 2.73. The highest BCUT2D eigenvalue weighted by atomic mass is 16.5. The van der Waals surface area contributed by atoms with E-state index in [-0.39, 0.29) is 0 Å². The van der Waals surface area contributed by atoms with Gasteiger partial charge in [-0.15, -0.1) is 0 Å². The Morgan fingerprint density at radius 3 is 2.94 bits per heavy atom. The molecule has 0 spiro atoms. The van der Waals surface area contributed by atoms with Gasteiger partial charge in [0.25, 0.3) is 0 Å². The van der Waals surface area contributed by atoms with Crippen LogP contribution >= 0.6 is 0 Å². The van der Waals surface area contributed by atoms with E-state index in [2.05, 4.69) is 24.0 Å². The Morgan fingerprint density at radius 1 is 1.47 bits per heavy atom. The molecule has 1 unspecified atom stereocenters. The summed E-state index contributed by atoms with van der Waals surface area (Å²) in [5, 5.41) is 3.87. The Morgan fingerprint density at radius 2 is 2.29 bits per heavy atom. The molecule has 1 atom stereocenters. The lowest BCUT2D eigenvalue weighted by Crippen LogP contribution is -1.95. The molecule has 0 aliphatic rings. The van der Waals surface area contributed by atoms with Gasteiger partial charge in [0.2, 0.25) is 0 Å². The van der Waals surface area contributed by atoms with E-state index in [4.69, 9.17) is 10.3 Å². The maximum atomic E-state index is 5.87. The second-order valence-corrected chi connectivity index (χ2v) is 4.24. The number of aromatic nitrogens is 2. The minimum absolute atomic E-state index is 0.319. The van der Waals surface area contributed by atoms with E-state index in [1.165, 1.54) is 0 Å². The Kier molecular flexibility index (Phi) is 3.42. The molecule has 0 radical (unpaired) electrons. The van der Waals surface area contributed by atoms with E-state index < -0.39 is 0 Å². The van der Waals surface area contributed by atoms with E-state index in [1.54, 1.807) is 12.4 Å². The van der Waals surface area contributed by atoms with Crippen LogP contribution in [-0.4, -0.2) is 10.1 Å². The van der Waals surface area contributed by atoms with Crippen LogP contribution in [0.15, 0.2) is 29.0 Å². The molecule has 90 valence electrons. The third-order valence-electron chi connectivity index (χ3n) is 2.86. The summed E-state index contributed by atoms with van der Waals surface area (Å²) < 4.78 is 5.36. The number of hydrogen-bond acceptors (Lipinski definition) is 4. The summed E-state index contributed by atoms with van der Waals surface area (Å²) in [6, 6.07) is 3.86. The van der Waals surface area contributed by atoms with Gasteiger partial charge >= 0.3 is 0 Å². The van der Waals surface area contributed by atoms with Crippen molar-refractivity contribution in [3.8, 4) is 11.1 Å². The molecule has 2 heterocycles. The SMILES string of the molecule is CCCC(C)c1onc(N)c1-c1cccnc1. The third kappa shape index (κ3) is 2.30. The van der Waals surface area contributed by atoms with Crippen LogP contribution in [0.3, 0.4) is 0 Å². The molecular formula is C13H17N3O. The van der Waals surface area contributed by atoms with Gasteiger partial charge in [-0.05, 0) is 12.5 Å². The van der Waals surface area contributed by atoms with Crippen molar-refractivity contribution in [3.05, 3.63) is 30.3 Å². The zero-order chi connectivity index (χ0) is 12.3. The number of nitrogens with two attached hydrogens (primary N) is 1. The number of anilines is 1. The van der Waals surface area contributed by atoms with E-state index in [0.717, 1.165) is 29.7 Å². The van der Waals surface area contributed by atoms with Gasteiger partial charge in [0.15, 0.2) is 5.82 Å². The van der Waals surface area contributed by atoms with Gasteiger partial charge in [-0.3, -0.25) is 4.98 Å². The van der Waals surface area contributed by atoms with Crippen molar-refractivity contribution >= 4 is 5.82 Å². The van der Waals surface area contributed by atoms with Gasteiger partial charge < -0.3 is 10.3 Å². The lowest BCUT2D eigenvalue weighted by molar-refractivity contribution is 0.362. The van der Waals surface area contributed by atoms with Crippen molar-refractivity contribution in [2.45, 2.75) is 32.6 Å². The zero-order valence-electron chi connectivity index (χ0n) is 10.2. The molecule has 2 N–H and O–H groups in total. The number of nitrogen functional groups attached to an aromatic ring is 1. The molecule has 0 aliphatic heterocycles. The normalized spacial score (nSPS) is 12.6. The monoisotopic (exact) mass is 231 g/mol. The Labute approximate surface area is 101 Å². The molecule has 2 aromatic heterocycles. The highest BCUT2D eigenvalue weighted by Gasteiger charge is 2.20. The van der Waals surface area contributed by atoms with Crippen LogP contribution < -0.4 is 5.73 Å². The molecule has 0 fully saturated rings. The van der Waals surface area contributed by atoms with Gasteiger partial charge in [-0.25, -0.2) is 0 Å². The fourth-order valence-corrected chi connectivity index (χ4v) is 2.02. The molecule has 2 rings (SSSR count). The van der Waals surface area contributed by atoms with Gasteiger partial charge in [-0.1, -0.05) is 31.5 Å². The van der Waals surface area contributed by atoms with Crippen molar-refractivity contribution in [1.29, 1.82) is 0 Å². The fourth-order valence-electron chi connectivity index (χ4n) is 2.02. The largest absolute Gasteiger partial charge is 0.380 e. The van der Waals surface area contributed by atoms with Crippen LogP contribution in [-0.2, 0) is 0 Å². The predicted octanol–water partition coefficient (Wildman–Crippen LogP) is 3.22. The van der Waals surface area contributed by atoms with Gasteiger partial charge in [-0.2, -0.15) is 0 Å². The van der Waals surface area contributed by atoms with Crippen molar-refractivity contribution in [1.82, 2.24) is 10.1 Å². The highest BCUT2D eigenvalue weighted by molar-refractivity contribution is 5.75. The van der Waals surface area contributed by atoms with Gasteiger partial charge in [0, 0.05) is 23.9 Å². The number of rotatable bonds is 4. The van der Waals surface area contributed by atoms with Crippen molar-refractivity contribution in [2.24, 2.45) is 0 Å². The molecular weight excluding hydrogens is 214 g/mol. The molecule has 4 heteroatoms. The first kappa shape index (κ1) is 11.6. The zero-order valence-corrected chi connectivity index (χ0v) is 10.2. The summed E-state index contributed by atoms with van der Waals surface area (Å²) in [5.74, 6) is 1.62. The standard InChI is InChI=1S/C13H17N3O/c1-3-5-9(2)12-11(13(14)16-17-12)10-6-4-7-15-8-10/h4,6-9H,3,5H2,1-2H3,(H2,14,16). The highest BCUT2D eigenvalue weighted by Crippen LogP contribution is 2.35. The summed E-state index contributed by atoms with van der Waals surface area (Å²) in [6.45, 7) is 4.28. The van der Waals surface area contributed by atoms with Gasteiger partial charge in [0.05, 0.1) is 5.56 Å². The number of hydrogen-bond donors (Lipinski definition) is 1. The van der Waals surface area contributed by atoms with E-state index >= 15 is 0 Å². The van der Waals surface area contributed by atoms with E-state index in [1.807, 2.05) is 12.1 Å². The molecule has 0 bridgehead atoms. The summed E-state index contributed by atoms with van der Waals surface area (Å²) in [5.41, 5.74) is 7.72. The average molecular weight is 231 g/mol. The van der Waals surface area contributed by atoms with Crippen molar-refractivity contribution in [2.75, 3.05) is 5.73 Å². The van der Waals surface area contributed by atoms with Crippen LogP contribution in [0.25, 0.3) is 11.1 Å². The summed E-state index contributed by atoms with van der Waals surface area (Å²) in [6.07, 6.45) is 5.68. The first-order valence-corrected chi connectivity index (χ1v) is 5.89. The minimum Gasteiger partial charge on any atom is -0.380 e. The quantitative estimate of drug-likeness (QED) is 0.877. The lowest BCUT2D eigenvalue weighted by atomic mass is 9.96. The maximum Gasteiger partial charge on any atom is 0.175 e. The van der Waals surface area contributed by atoms with Crippen LogP contribution in [0.2, 0.25) is 0 Å². The summed E-state index contributed by atoms with van der Waals surface area (Å²) in [4.78, 5) is 4.10. The summed E-state index contributed by atoms with van der Waals surface area (Å²) >= 11 is 0.